The van der Waals surface area contributed by atoms with E-state index in [1.807, 2.05) is 6.08 Å². The molecule has 9 heteroatoms. The minimum atomic E-state index is -4.74. The molecule has 1 aromatic carbocycles. The van der Waals surface area contributed by atoms with Gasteiger partial charge in [0.1, 0.15) is 11.6 Å². The minimum absolute atomic E-state index is 0.0191. The zero-order valence-electron chi connectivity index (χ0n) is 15.8. The van der Waals surface area contributed by atoms with Crippen LogP contribution < -0.4 is 9.64 Å². The predicted molar refractivity (Wildman–Crippen MR) is 101 cm³/mol. The summed E-state index contributed by atoms with van der Waals surface area (Å²) in [5.41, 5.74) is 0.131. The van der Waals surface area contributed by atoms with Crippen LogP contribution in [0, 0.1) is 5.41 Å². The summed E-state index contributed by atoms with van der Waals surface area (Å²) in [6.07, 6.45) is 0.668. The molecule has 3 aliphatic heterocycles. The molecule has 0 aromatic heterocycles. The lowest BCUT2D eigenvalue weighted by molar-refractivity contribution is -0.274. The first-order valence-corrected chi connectivity index (χ1v) is 9.65. The summed E-state index contributed by atoms with van der Waals surface area (Å²) in [6.45, 7) is 1.90. The quantitative estimate of drug-likeness (QED) is 0.820. The Balaban J connectivity index is 1.41. The van der Waals surface area contributed by atoms with Gasteiger partial charge < -0.3 is 19.6 Å². The molecule has 2 saturated heterocycles. The van der Waals surface area contributed by atoms with Crippen molar-refractivity contribution in [2.75, 3.05) is 24.5 Å². The fraction of sp³-hybridized carbons (Fsp3) is 0.500. The molecule has 0 aliphatic carbocycles. The van der Waals surface area contributed by atoms with Gasteiger partial charge in [0.25, 0.3) is 0 Å². The van der Waals surface area contributed by atoms with E-state index in [1.54, 1.807) is 4.90 Å². The number of hydrogen-bond donors (Lipinski definition) is 1. The number of anilines is 1. The Labute approximate surface area is 166 Å². The number of rotatable bonds is 3. The molecule has 0 unspecified atom stereocenters. The number of piperidine rings is 1. The molecule has 0 bridgehead atoms. The number of aliphatic hydroxyl groups excluding tert-OH is 1. The minimum Gasteiger partial charge on any atom is -0.496 e. The highest BCUT2D eigenvalue weighted by Gasteiger charge is 2.48. The summed E-state index contributed by atoms with van der Waals surface area (Å²) >= 11 is 0. The van der Waals surface area contributed by atoms with Crippen LogP contribution in [-0.4, -0.2) is 47.8 Å². The van der Waals surface area contributed by atoms with Gasteiger partial charge in [-0.15, -0.1) is 13.2 Å². The first kappa shape index (κ1) is 19.6. The standard InChI is InChI=1S/C20H22F3N3O3/c21-20(22,23)29-15-6-4-14(5-7-15)26-13-10-19(18(26)28)8-11-25(12-9-19)16-2-1-3-17(27)24-16/h2,4-7H,1,3,8-13H2,(H,24,27). The highest BCUT2D eigenvalue weighted by atomic mass is 19.4. The SMILES string of the molecule is O=C1N(c2ccc(OC(F)(F)F)cc2)CCC12CCN(C1=CCCC(O)=N1)CC2. The molecular weight excluding hydrogens is 387 g/mol. The summed E-state index contributed by atoms with van der Waals surface area (Å²) < 4.78 is 40.8. The highest BCUT2D eigenvalue weighted by Crippen LogP contribution is 2.44. The van der Waals surface area contributed by atoms with E-state index in [4.69, 9.17) is 0 Å². The Hall–Kier alpha value is -2.71. The van der Waals surface area contributed by atoms with Crippen LogP contribution in [0.5, 0.6) is 5.75 Å². The molecule has 156 valence electrons. The van der Waals surface area contributed by atoms with Crippen molar-refractivity contribution in [3.05, 3.63) is 36.2 Å². The van der Waals surface area contributed by atoms with Gasteiger partial charge in [0, 0.05) is 31.7 Å². The maximum atomic E-state index is 13.1. The number of carbonyl (C=O) groups is 1. The van der Waals surface area contributed by atoms with E-state index in [0.29, 0.717) is 51.0 Å². The van der Waals surface area contributed by atoms with E-state index in [-0.39, 0.29) is 17.6 Å². The van der Waals surface area contributed by atoms with Crippen LogP contribution in [0.4, 0.5) is 18.9 Å². The van der Waals surface area contributed by atoms with Crippen molar-refractivity contribution in [3.63, 3.8) is 0 Å². The molecule has 1 spiro atoms. The van der Waals surface area contributed by atoms with Crippen LogP contribution in [0.25, 0.3) is 0 Å². The third kappa shape index (κ3) is 4.04. The number of aliphatic hydroxyl groups is 1. The number of amides is 1. The number of ether oxygens (including phenoxy) is 1. The fourth-order valence-electron chi connectivity index (χ4n) is 4.29. The van der Waals surface area contributed by atoms with Crippen LogP contribution >= 0.6 is 0 Å². The van der Waals surface area contributed by atoms with Gasteiger partial charge in [-0.3, -0.25) is 4.79 Å². The molecule has 3 aliphatic rings. The van der Waals surface area contributed by atoms with Gasteiger partial charge in [-0.1, -0.05) is 0 Å². The van der Waals surface area contributed by atoms with Crippen LogP contribution in [0.2, 0.25) is 0 Å². The van der Waals surface area contributed by atoms with Gasteiger partial charge in [-0.25, -0.2) is 4.99 Å². The van der Waals surface area contributed by atoms with Crippen molar-refractivity contribution in [2.45, 2.75) is 38.5 Å². The molecule has 1 N–H and O–H groups in total. The van der Waals surface area contributed by atoms with Gasteiger partial charge in [0.15, 0.2) is 5.90 Å². The van der Waals surface area contributed by atoms with E-state index in [0.717, 1.165) is 12.2 Å². The largest absolute Gasteiger partial charge is 0.573 e. The van der Waals surface area contributed by atoms with Crippen molar-refractivity contribution in [3.8, 4) is 5.75 Å². The Bertz CT molecular complexity index is 841. The molecule has 29 heavy (non-hydrogen) atoms. The van der Waals surface area contributed by atoms with Crippen molar-refractivity contribution in [1.82, 2.24) is 4.90 Å². The number of allylic oxidation sites excluding steroid dienone is 1. The fourth-order valence-corrected chi connectivity index (χ4v) is 4.29. The maximum absolute atomic E-state index is 13.1. The zero-order chi connectivity index (χ0) is 20.6. The van der Waals surface area contributed by atoms with Gasteiger partial charge in [-0.05, 0) is 56.0 Å². The lowest BCUT2D eigenvalue weighted by Gasteiger charge is -2.39. The lowest BCUT2D eigenvalue weighted by Crippen LogP contribution is -2.44. The molecule has 3 heterocycles. The zero-order valence-corrected chi connectivity index (χ0v) is 15.8. The van der Waals surface area contributed by atoms with E-state index < -0.39 is 11.8 Å². The van der Waals surface area contributed by atoms with Crippen molar-refractivity contribution in [1.29, 1.82) is 0 Å². The van der Waals surface area contributed by atoms with Crippen molar-refractivity contribution in [2.24, 2.45) is 10.4 Å². The second kappa shape index (κ2) is 7.27. The molecule has 0 saturated carbocycles. The molecule has 0 atom stereocenters. The van der Waals surface area contributed by atoms with E-state index in [1.165, 1.54) is 24.3 Å². The average Bonchev–Trinajstić information content (AvgIpc) is 2.98. The topological polar surface area (TPSA) is 65.4 Å². The van der Waals surface area contributed by atoms with E-state index in [2.05, 4.69) is 14.6 Å². The number of halogens is 3. The lowest BCUT2D eigenvalue weighted by atomic mass is 9.77. The van der Waals surface area contributed by atoms with Gasteiger partial charge in [0.05, 0.1) is 5.41 Å². The summed E-state index contributed by atoms with van der Waals surface area (Å²) in [5, 5.41) is 9.65. The van der Waals surface area contributed by atoms with Gasteiger partial charge in [0.2, 0.25) is 5.91 Å². The van der Waals surface area contributed by atoms with E-state index >= 15 is 0 Å². The Kier molecular flexibility index (Phi) is 4.92. The first-order valence-electron chi connectivity index (χ1n) is 9.65. The number of likely N-dealkylation sites (tertiary alicyclic amines) is 1. The average molecular weight is 409 g/mol. The Morgan fingerprint density at radius 2 is 1.72 bits per heavy atom. The monoisotopic (exact) mass is 409 g/mol. The number of carbonyl (C=O) groups excluding carboxylic acids is 1. The molecule has 1 amide bonds. The normalized spacial score (nSPS) is 22.0. The third-order valence-electron chi connectivity index (χ3n) is 5.88. The van der Waals surface area contributed by atoms with E-state index in [9.17, 15) is 23.1 Å². The summed E-state index contributed by atoms with van der Waals surface area (Å²) in [4.78, 5) is 21.1. The van der Waals surface area contributed by atoms with Crippen LogP contribution in [0.1, 0.15) is 32.1 Å². The summed E-state index contributed by atoms with van der Waals surface area (Å²) in [6, 6.07) is 5.42. The predicted octanol–water partition coefficient (Wildman–Crippen LogP) is 4.00. The van der Waals surface area contributed by atoms with Crippen LogP contribution in [0.3, 0.4) is 0 Å². The smallest absolute Gasteiger partial charge is 0.496 e. The number of alkyl halides is 3. The van der Waals surface area contributed by atoms with Crippen LogP contribution in [0.15, 0.2) is 41.2 Å². The number of benzene rings is 1. The van der Waals surface area contributed by atoms with Gasteiger partial charge >= 0.3 is 6.36 Å². The molecule has 4 rings (SSSR count). The molecule has 1 aromatic rings. The maximum Gasteiger partial charge on any atom is 0.573 e. The highest BCUT2D eigenvalue weighted by molar-refractivity contribution is 6.00. The number of nitrogens with zero attached hydrogens (tertiary/aromatic N) is 3. The van der Waals surface area contributed by atoms with Crippen molar-refractivity contribution >= 4 is 17.5 Å². The second-order valence-corrected chi connectivity index (χ2v) is 7.64. The van der Waals surface area contributed by atoms with Crippen LogP contribution in [-0.2, 0) is 4.79 Å². The Morgan fingerprint density at radius 1 is 1.07 bits per heavy atom. The number of aliphatic imine (C=N–C) groups is 1. The van der Waals surface area contributed by atoms with Gasteiger partial charge in [-0.2, -0.15) is 0 Å². The molecular formula is C20H22F3N3O3. The summed E-state index contributed by atoms with van der Waals surface area (Å²) in [5.74, 6) is 0.626. The van der Waals surface area contributed by atoms with Crippen molar-refractivity contribution < 1.29 is 27.8 Å². The first-order chi connectivity index (χ1) is 13.8. The molecule has 2 fully saturated rings. The molecule has 0 radical (unpaired) electrons. The molecule has 6 nitrogen and oxygen atoms in total. The summed E-state index contributed by atoms with van der Waals surface area (Å²) in [7, 11) is 0. The Morgan fingerprint density at radius 3 is 2.34 bits per heavy atom. The third-order valence-corrected chi connectivity index (χ3v) is 5.88. The second-order valence-electron chi connectivity index (χ2n) is 7.64. The number of hydrogen-bond acceptors (Lipinski definition) is 4.